The van der Waals surface area contributed by atoms with Gasteiger partial charge in [0, 0.05) is 35.6 Å². The number of H-pyrrole nitrogens is 1. The topological polar surface area (TPSA) is 57.4 Å². The van der Waals surface area contributed by atoms with Crippen LogP contribution in [0.4, 0.5) is 0 Å². The molecule has 1 aromatic carbocycles. The number of aromatic amines is 1. The van der Waals surface area contributed by atoms with Crippen LogP contribution in [0.15, 0.2) is 30.5 Å². The molecule has 4 rings (SSSR count). The summed E-state index contributed by atoms with van der Waals surface area (Å²) in [4.78, 5) is 7.99. The lowest BCUT2D eigenvalue weighted by molar-refractivity contribution is 0.519. The third-order valence-corrected chi connectivity index (χ3v) is 4.03. The molecule has 3 aromatic rings. The van der Waals surface area contributed by atoms with E-state index in [9.17, 15) is 5.26 Å². The third-order valence-electron chi connectivity index (χ3n) is 4.03. The second-order valence-corrected chi connectivity index (χ2v) is 5.19. The van der Waals surface area contributed by atoms with Crippen molar-refractivity contribution in [3.8, 4) is 17.3 Å². The van der Waals surface area contributed by atoms with Crippen LogP contribution >= 0.6 is 0 Å². The van der Waals surface area contributed by atoms with Gasteiger partial charge in [-0.1, -0.05) is 18.2 Å². The van der Waals surface area contributed by atoms with Crippen molar-refractivity contribution in [3.63, 3.8) is 0 Å². The zero-order valence-corrected chi connectivity index (χ0v) is 11.1. The second-order valence-electron chi connectivity index (χ2n) is 5.19. The Kier molecular flexibility index (Phi) is 2.40. The molecule has 3 heterocycles. The van der Waals surface area contributed by atoms with E-state index in [1.54, 1.807) is 0 Å². The summed E-state index contributed by atoms with van der Waals surface area (Å²) in [5, 5.41) is 10.6. The van der Waals surface area contributed by atoms with Crippen molar-refractivity contribution in [2.45, 2.75) is 25.8 Å². The normalized spacial score (nSPS) is 14.2. The molecule has 0 fully saturated rings. The van der Waals surface area contributed by atoms with Gasteiger partial charge < -0.3 is 9.55 Å². The van der Waals surface area contributed by atoms with Crippen molar-refractivity contribution in [2.24, 2.45) is 0 Å². The fraction of sp³-hybridized carbons (Fsp3) is 0.250. The smallest absolute Gasteiger partial charge is 0.148 e. The van der Waals surface area contributed by atoms with Crippen molar-refractivity contribution >= 4 is 10.9 Å². The van der Waals surface area contributed by atoms with Crippen molar-refractivity contribution in [1.29, 1.82) is 5.26 Å². The number of nitrogens with zero attached hydrogens (tertiary/aromatic N) is 3. The number of hydrogen-bond acceptors (Lipinski definition) is 2. The van der Waals surface area contributed by atoms with Gasteiger partial charge in [-0.25, -0.2) is 4.98 Å². The number of imidazole rings is 1. The highest BCUT2D eigenvalue weighted by molar-refractivity contribution is 5.95. The van der Waals surface area contributed by atoms with E-state index in [0.717, 1.165) is 53.8 Å². The molecule has 1 aliphatic rings. The predicted molar refractivity (Wildman–Crippen MR) is 77.2 cm³/mol. The standard InChI is InChI=1S/C16H14N4/c17-9-14-16(19-15-7-3-4-8-20(14)15)12-10-18-13-6-2-1-5-11(12)13/h1-2,5-6,10,18H,3-4,7-8H2. The number of benzene rings is 1. The van der Waals surface area contributed by atoms with Gasteiger partial charge in [0.15, 0.2) is 0 Å². The van der Waals surface area contributed by atoms with Gasteiger partial charge in [-0.05, 0) is 18.9 Å². The minimum absolute atomic E-state index is 0.699. The number of rotatable bonds is 1. The fourth-order valence-corrected chi connectivity index (χ4v) is 3.05. The Labute approximate surface area is 116 Å². The van der Waals surface area contributed by atoms with Crippen LogP contribution in [0.2, 0.25) is 0 Å². The first-order chi connectivity index (χ1) is 9.88. The summed E-state index contributed by atoms with van der Waals surface area (Å²) in [5.74, 6) is 1.05. The van der Waals surface area contributed by atoms with E-state index in [1.807, 2.05) is 24.4 Å². The minimum atomic E-state index is 0.699. The van der Waals surface area contributed by atoms with Crippen molar-refractivity contribution in [1.82, 2.24) is 14.5 Å². The second kappa shape index (κ2) is 4.24. The van der Waals surface area contributed by atoms with Crippen LogP contribution in [-0.4, -0.2) is 14.5 Å². The van der Waals surface area contributed by atoms with Crippen molar-refractivity contribution < 1.29 is 0 Å². The van der Waals surface area contributed by atoms with Crippen LogP contribution in [0.5, 0.6) is 0 Å². The molecule has 1 N–H and O–H groups in total. The van der Waals surface area contributed by atoms with Crippen LogP contribution < -0.4 is 0 Å². The monoisotopic (exact) mass is 262 g/mol. The van der Waals surface area contributed by atoms with E-state index in [1.165, 1.54) is 0 Å². The molecule has 2 aromatic heterocycles. The summed E-state index contributed by atoms with van der Waals surface area (Å²) >= 11 is 0. The van der Waals surface area contributed by atoms with E-state index in [-0.39, 0.29) is 0 Å². The maximum atomic E-state index is 9.51. The largest absolute Gasteiger partial charge is 0.360 e. The molecule has 0 amide bonds. The van der Waals surface area contributed by atoms with Gasteiger partial charge in [-0.2, -0.15) is 5.26 Å². The van der Waals surface area contributed by atoms with Gasteiger partial charge in [0.25, 0.3) is 0 Å². The van der Waals surface area contributed by atoms with Gasteiger partial charge >= 0.3 is 0 Å². The highest BCUT2D eigenvalue weighted by atomic mass is 15.1. The first-order valence-electron chi connectivity index (χ1n) is 6.94. The quantitative estimate of drug-likeness (QED) is 0.732. The summed E-state index contributed by atoms with van der Waals surface area (Å²) in [5.41, 5.74) is 3.63. The molecule has 0 atom stereocenters. The number of fused-ring (bicyclic) bond motifs is 2. The predicted octanol–water partition coefficient (Wildman–Crippen LogP) is 3.24. The Morgan fingerprint density at radius 2 is 2.15 bits per heavy atom. The summed E-state index contributed by atoms with van der Waals surface area (Å²) < 4.78 is 2.08. The van der Waals surface area contributed by atoms with Crippen LogP contribution in [0.25, 0.3) is 22.2 Å². The molecule has 4 heteroatoms. The lowest BCUT2D eigenvalue weighted by Crippen LogP contribution is -2.11. The lowest BCUT2D eigenvalue weighted by Gasteiger charge is -2.13. The van der Waals surface area contributed by atoms with Gasteiger partial charge in [-0.3, -0.25) is 0 Å². The number of nitriles is 1. The Bertz CT molecular complexity index is 832. The van der Waals surface area contributed by atoms with Gasteiger partial charge in [-0.15, -0.1) is 0 Å². The molecule has 0 aliphatic carbocycles. The molecule has 4 nitrogen and oxygen atoms in total. The van der Waals surface area contributed by atoms with Crippen molar-refractivity contribution in [2.75, 3.05) is 0 Å². The van der Waals surface area contributed by atoms with E-state index in [0.29, 0.717) is 5.69 Å². The van der Waals surface area contributed by atoms with Crippen LogP contribution in [0.3, 0.4) is 0 Å². The molecule has 0 spiro atoms. The SMILES string of the molecule is N#Cc1c(-c2c[nH]c3ccccc23)nc2n1CCCC2. The Balaban J connectivity index is 1.99. The first-order valence-corrected chi connectivity index (χ1v) is 6.94. The average Bonchev–Trinajstić information content (AvgIpc) is 3.07. The zero-order valence-electron chi connectivity index (χ0n) is 11.1. The molecule has 98 valence electrons. The lowest BCUT2D eigenvalue weighted by atomic mass is 10.1. The fourth-order valence-electron chi connectivity index (χ4n) is 3.05. The summed E-state index contributed by atoms with van der Waals surface area (Å²) in [6.07, 6.45) is 5.22. The number of aromatic nitrogens is 3. The molecule has 0 radical (unpaired) electrons. The Morgan fingerprint density at radius 3 is 3.05 bits per heavy atom. The maximum absolute atomic E-state index is 9.51. The van der Waals surface area contributed by atoms with Crippen LogP contribution in [0, 0.1) is 11.3 Å². The van der Waals surface area contributed by atoms with Crippen molar-refractivity contribution in [3.05, 3.63) is 42.0 Å². The number of nitrogens with one attached hydrogen (secondary N) is 1. The van der Waals surface area contributed by atoms with Crippen LogP contribution in [-0.2, 0) is 13.0 Å². The number of para-hydroxylation sites is 1. The Morgan fingerprint density at radius 1 is 1.25 bits per heavy atom. The highest BCUT2D eigenvalue weighted by Crippen LogP contribution is 2.32. The average molecular weight is 262 g/mol. The van der Waals surface area contributed by atoms with E-state index in [4.69, 9.17) is 4.98 Å². The van der Waals surface area contributed by atoms with E-state index < -0.39 is 0 Å². The van der Waals surface area contributed by atoms with E-state index in [2.05, 4.69) is 21.7 Å². The number of aryl methyl sites for hydroxylation is 1. The highest BCUT2D eigenvalue weighted by Gasteiger charge is 2.22. The van der Waals surface area contributed by atoms with E-state index >= 15 is 0 Å². The third kappa shape index (κ3) is 1.50. The molecule has 0 bridgehead atoms. The van der Waals surface area contributed by atoms with Gasteiger partial charge in [0.1, 0.15) is 23.3 Å². The molecule has 0 saturated carbocycles. The molecular weight excluding hydrogens is 248 g/mol. The molecule has 0 unspecified atom stereocenters. The molecule has 20 heavy (non-hydrogen) atoms. The zero-order chi connectivity index (χ0) is 13.5. The molecular formula is C16H14N4. The van der Waals surface area contributed by atoms with Gasteiger partial charge in [0.2, 0.25) is 0 Å². The maximum Gasteiger partial charge on any atom is 0.148 e. The first kappa shape index (κ1) is 11.3. The van der Waals surface area contributed by atoms with Gasteiger partial charge in [0.05, 0.1) is 0 Å². The minimum Gasteiger partial charge on any atom is -0.360 e. The number of hydrogen-bond donors (Lipinski definition) is 1. The molecule has 0 saturated heterocycles. The molecule has 1 aliphatic heterocycles. The van der Waals surface area contributed by atoms with Crippen LogP contribution in [0.1, 0.15) is 24.4 Å². The summed E-state index contributed by atoms with van der Waals surface area (Å²) in [6, 6.07) is 10.5. The Hall–Kier alpha value is -2.54. The summed E-state index contributed by atoms with van der Waals surface area (Å²) in [6.45, 7) is 0.910. The summed E-state index contributed by atoms with van der Waals surface area (Å²) in [7, 11) is 0.